The Labute approximate surface area is 331 Å². The smallest absolute Gasteiger partial charge is 0.160 e. The molecule has 0 saturated heterocycles. The summed E-state index contributed by atoms with van der Waals surface area (Å²) in [6.45, 7) is 0. The lowest BCUT2D eigenvalue weighted by Gasteiger charge is -2.30. The molecule has 57 heavy (non-hydrogen) atoms. The van der Waals surface area contributed by atoms with Crippen molar-refractivity contribution in [1.29, 1.82) is 0 Å². The van der Waals surface area contributed by atoms with Gasteiger partial charge in [0.2, 0.25) is 0 Å². The average Bonchev–Trinajstić information content (AvgIpc) is 3.74. The van der Waals surface area contributed by atoms with Crippen molar-refractivity contribution in [2.45, 2.75) is 5.41 Å². The van der Waals surface area contributed by atoms with Gasteiger partial charge in [0.1, 0.15) is 0 Å². The monoisotopic (exact) mass is 722 g/mol. The molecule has 2 aliphatic rings. The molecule has 1 heterocycles. The van der Waals surface area contributed by atoms with E-state index in [0.29, 0.717) is 0 Å². The lowest BCUT2D eigenvalue weighted by atomic mass is 9.70. The summed E-state index contributed by atoms with van der Waals surface area (Å²) in [7, 11) is 0. The van der Waals surface area contributed by atoms with Crippen LogP contribution in [0.2, 0.25) is 0 Å². The van der Waals surface area contributed by atoms with E-state index in [1.807, 2.05) is 24.3 Å². The summed E-state index contributed by atoms with van der Waals surface area (Å²) in [5.41, 5.74) is 17.6. The van der Waals surface area contributed by atoms with Crippen LogP contribution in [0.3, 0.4) is 0 Å². The van der Waals surface area contributed by atoms with E-state index in [4.69, 9.17) is 9.97 Å². The van der Waals surface area contributed by atoms with Crippen LogP contribution in [0.5, 0.6) is 0 Å². The van der Waals surface area contributed by atoms with Crippen LogP contribution in [-0.2, 0) is 5.41 Å². The first-order chi connectivity index (χ1) is 28.2. The van der Waals surface area contributed by atoms with Crippen LogP contribution in [0.1, 0.15) is 22.3 Å². The van der Waals surface area contributed by atoms with Crippen molar-refractivity contribution >= 4 is 21.5 Å². The zero-order chi connectivity index (χ0) is 37.5. The van der Waals surface area contributed by atoms with Crippen LogP contribution in [-0.4, -0.2) is 9.97 Å². The molecule has 2 aliphatic carbocycles. The molecule has 0 N–H and O–H groups in total. The first-order valence-corrected chi connectivity index (χ1v) is 19.6. The third-order valence-electron chi connectivity index (χ3n) is 12.3. The van der Waals surface area contributed by atoms with E-state index in [0.717, 1.165) is 33.9 Å². The van der Waals surface area contributed by atoms with Crippen molar-refractivity contribution in [3.05, 3.63) is 229 Å². The maximum Gasteiger partial charge on any atom is 0.160 e. The second kappa shape index (κ2) is 12.3. The summed E-state index contributed by atoms with van der Waals surface area (Å²) in [6, 6.07) is 75.1. The van der Waals surface area contributed by atoms with E-state index < -0.39 is 5.41 Å². The maximum atomic E-state index is 5.07. The number of nitrogens with zero attached hydrogens (tertiary/aromatic N) is 2. The van der Waals surface area contributed by atoms with Gasteiger partial charge in [-0.3, -0.25) is 0 Å². The van der Waals surface area contributed by atoms with Crippen LogP contribution in [0, 0.1) is 0 Å². The number of hydrogen-bond acceptors (Lipinski definition) is 2. The number of rotatable bonds is 4. The minimum Gasteiger partial charge on any atom is -0.228 e. The van der Waals surface area contributed by atoms with Crippen molar-refractivity contribution in [2.75, 3.05) is 0 Å². The second-order valence-corrected chi connectivity index (χ2v) is 15.3. The molecule has 0 saturated carbocycles. The van der Waals surface area contributed by atoms with Crippen LogP contribution in [0.15, 0.2) is 206 Å². The van der Waals surface area contributed by atoms with Gasteiger partial charge in [0, 0.05) is 16.7 Å². The van der Waals surface area contributed by atoms with Gasteiger partial charge in [0.25, 0.3) is 0 Å². The second-order valence-electron chi connectivity index (χ2n) is 15.3. The van der Waals surface area contributed by atoms with Gasteiger partial charge in [-0.2, -0.15) is 0 Å². The van der Waals surface area contributed by atoms with E-state index in [9.17, 15) is 0 Å². The molecule has 264 valence electrons. The number of fused-ring (bicyclic) bond motifs is 12. The molecule has 0 unspecified atom stereocenters. The quantitative estimate of drug-likeness (QED) is 0.181. The van der Waals surface area contributed by atoms with Gasteiger partial charge in [0.15, 0.2) is 5.82 Å². The largest absolute Gasteiger partial charge is 0.228 e. The Kier molecular flexibility index (Phi) is 6.88. The molecule has 0 aliphatic heterocycles. The predicted molar refractivity (Wildman–Crippen MR) is 235 cm³/mol. The maximum absolute atomic E-state index is 5.07. The normalized spacial score (nSPS) is 13.1. The fraction of sp³-hybridized carbons (Fsp3) is 0.0182. The van der Waals surface area contributed by atoms with Gasteiger partial charge in [-0.15, -0.1) is 0 Å². The zero-order valence-corrected chi connectivity index (χ0v) is 31.0. The van der Waals surface area contributed by atoms with Crippen LogP contribution in [0.25, 0.3) is 88.8 Å². The summed E-state index contributed by atoms with van der Waals surface area (Å²) in [5.74, 6) is 0.721. The predicted octanol–water partition coefficient (Wildman–Crippen LogP) is 13.8. The molecular formula is C55H34N2. The summed E-state index contributed by atoms with van der Waals surface area (Å²) in [6.07, 6.45) is 0. The highest BCUT2D eigenvalue weighted by molar-refractivity contribution is 6.03. The van der Waals surface area contributed by atoms with Crippen molar-refractivity contribution in [2.24, 2.45) is 0 Å². The molecule has 2 nitrogen and oxygen atoms in total. The molecule has 0 radical (unpaired) electrons. The van der Waals surface area contributed by atoms with Crippen molar-refractivity contribution in [3.63, 3.8) is 0 Å². The number of hydrogen-bond donors (Lipinski definition) is 0. The Balaban J connectivity index is 0.998. The van der Waals surface area contributed by atoms with Gasteiger partial charge in [-0.05, 0) is 114 Å². The molecular weight excluding hydrogens is 689 g/mol. The average molecular weight is 723 g/mol. The van der Waals surface area contributed by atoms with Gasteiger partial charge < -0.3 is 0 Å². The summed E-state index contributed by atoms with van der Waals surface area (Å²) in [4.78, 5) is 10.1. The molecule has 10 aromatic rings. The fourth-order valence-corrected chi connectivity index (χ4v) is 9.65. The molecule has 2 heteroatoms. The standard InChI is InChI=1S/C55H34N2/c1-3-13-36(14-4-1)52-34-53(57-54(56-52)38-15-5-2-6-16-38)37-25-23-35(24-26-37)41-27-28-42-31-47-46-30-39-17-7-8-18-40(39)32-50(46)55(51(47)33-43(42)29-41)48-21-11-9-19-44(48)45-20-10-12-22-49(45)55/h1-34H. The van der Waals surface area contributed by atoms with Crippen molar-refractivity contribution < 1.29 is 0 Å². The molecule has 0 bridgehead atoms. The third-order valence-corrected chi connectivity index (χ3v) is 12.3. The first-order valence-electron chi connectivity index (χ1n) is 19.6. The van der Waals surface area contributed by atoms with E-state index in [1.54, 1.807) is 0 Å². The third kappa shape index (κ3) is 4.77. The minimum atomic E-state index is -0.400. The first kappa shape index (κ1) is 31.9. The lowest BCUT2D eigenvalue weighted by Crippen LogP contribution is -2.25. The summed E-state index contributed by atoms with van der Waals surface area (Å²) >= 11 is 0. The Morgan fingerprint density at radius 3 is 1.35 bits per heavy atom. The lowest BCUT2D eigenvalue weighted by molar-refractivity contribution is 0.796. The molecule has 12 rings (SSSR count). The number of benzene rings is 9. The van der Waals surface area contributed by atoms with Crippen molar-refractivity contribution in [1.82, 2.24) is 9.97 Å². The molecule has 0 fully saturated rings. The topological polar surface area (TPSA) is 25.8 Å². The Hall–Kier alpha value is -7.42. The molecule has 1 spiro atoms. The molecule has 0 atom stereocenters. The zero-order valence-electron chi connectivity index (χ0n) is 31.0. The van der Waals surface area contributed by atoms with Crippen LogP contribution >= 0.6 is 0 Å². The summed E-state index contributed by atoms with van der Waals surface area (Å²) in [5, 5.41) is 5.03. The number of aromatic nitrogens is 2. The van der Waals surface area contributed by atoms with Crippen molar-refractivity contribution in [3.8, 4) is 67.3 Å². The summed E-state index contributed by atoms with van der Waals surface area (Å²) < 4.78 is 0. The SMILES string of the molecule is c1ccc(-c2cc(-c3ccc(-c4ccc5cc6c(cc5c4)C4(c5ccccc5-c5ccccc54)c4cc5ccccc5cc4-6)cc3)nc(-c3ccccc3)n2)cc1. The van der Waals surface area contributed by atoms with Crippen LogP contribution in [0.4, 0.5) is 0 Å². The van der Waals surface area contributed by atoms with E-state index in [-0.39, 0.29) is 0 Å². The Morgan fingerprint density at radius 2 is 0.719 bits per heavy atom. The highest BCUT2D eigenvalue weighted by Crippen LogP contribution is 2.63. The Morgan fingerprint density at radius 1 is 0.263 bits per heavy atom. The molecule has 9 aromatic carbocycles. The molecule has 0 amide bonds. The van der Waals surface area contributed by atoms with E-state index in [2.05, 4.69) is 182 Å². The minimum absolute atomic E-state index is 0.400. The van der Waals surface area contributed by atoms with Gasteiger partial charge in [-0.25, -0.2) is 9.97 Å². The van der Waals surface area contributed by atoms with Gasteiger partial charge in [0.05, 0.1) is 16.8 Å². The van der Waals surface area contributed by atoms with E-state index in [1.165, 1.54) is 77.2 Å². The van der Waals surface area contributed by atoms with Gasteiger partial charge in [-0.1, -0.05) is 170 Å². The van der Waals surface area contributed by atoms with E-state index >= 15 is 0 Å². The van der Waals surface area contributed by atoms with Crippen LogP contribution < -0.4 is 0 Å². The highest BCUT2D eigenvalue weighted by Gasteiger charge is 2.51. The fourth-order valence-electron chi connectivity index (χ4n) is 9.65. The molecule has 1 aromatic heterocycles. The Bertz CT molecular complexity index is 3110. The van der Waals surface area contributed by atoms with Gasteiger partial charge >= 0.3 is 0 Å². The highest BCUT2D eigenvalue weighted by atomic mass is 14.9.